The molecule has 23 heavy (non-hydrogen) atoms. The van der Waals surface area contributed by atoms with Crippen LogP contribution in [-0.4, -0.2) is 29.3 Å². The lowest BCUT2D eigenvalue weighted by Gasteiger charge is -2.09. The maximum Gasteiger partial charge on any atom is 0.224 e. The van der Waals surface area contributed by atoms with Crippen molar-refractivity contribution in [2.45, 2.75) is 26.7 Å². The third-order valence-corrected chi connectivity index (χ3v) is 3.30. The molecular formula is C16H22ClFN4O. The molecule has 0 fully saturated rings. The normalized spacial score (nSPS) is 10.3. The lowest BCUT2D eigenvalue weighted by Crippen LogP contribution is -2.15. The SMILES string of the molecule is CNCCCC(=O)Nc1ccc(-n2nc(C)cc2C)c(F)c1.Cl. The van der Waals surface area contributed by atoms with Crippen LogP contribution in [0.1, 0.15) is 24.2 Å². The highest BCUT2D eigenvalue weighted by atomic mass is 35.5. The van der Waals surface area contributed by atoms with E-state index in [1.165, 1.54) is 6.07 Å². The molecule has 126 valence electrons. The van der Waals surface area contributed by atoms with E-state index in [1.54, 1.807) is 16.8 Å². The molecule has 0 aliphatic heterocycles. The molecule has 1 aromatic heterocycles. The van der Waals surface area contributed by atoms with Crippen LogP contribution < -0.4 is 10.6 Å². The second-order valence-electron chi connectivity index (χ2n) is 5.26. The van der Waals surface area contributed by atoms with Gasteiger partial charge in [-0.2, -0.15) is 5.10 Å². The van der Waals surface area contributed by atoms with Crippen molar-refractivity contribution in [2.24, 2.45) is 0 Å². The molecule has 0 spiro atoms. The highest BCUT2D eigenvalue weighted by Crippen LogP contribution is 2.20. The zero-order valence-corrected chi connectivity index (χ0v) is 14.3. The number of nitrogens with zero attached hydrogens (tertiary/aromatic N) is 2. The van der Waals surface area contributed by atoms with Gasteiger partial charge in [-0.25, -0.2) is 9.07 Å². The molecule has 0 radical (unpaired) electrons. The van der Waals surface area contributed by atoms with E-state index in [9.17, 15) is 9.18 Å². The summed E-state index contributed by atoms with van der Waals surface area (Å²) >= 11 is 0. The summed E-state index contributed by atoms with van der Waals surface area (Å²) < 4.78 is 15.8. The molecule has 1 heterocycles. The van der Waals surface area contributed by atoms with E-state index in [0.29, 0.717) is 17.8 Å². The summed E-state index contributed by atoms with van der Waals surface area (Å²) in [7, 11) is 1.84. The summed E-state index contributed by atoms with van der Waals surface area (Å²) in [5, 5.41) is 9.95. The first-order valence-corrected chi connectivity index (χ1v) is 7.29. The zero-order valence-electron chi connectivity index (χ0n) is 13.5. The average molecular weight is 341 g/mol. The summed E-state index contributed by atoms with van der Waals surface area (Å²) in [5.41, 5.74) is 2.52. The molecule has 0 saturated carbocycles. The van der Waals surface area contributed by atoms with Crippen LogP contribution in [0.3, 0.4) is 0 Å². The van der Waals surface area contributed by atoms with Gasteiger partial charge < -0.3 is 10.6 Å². The van der Waals surface area contributed by atoms with Gasteiger partial charge in [0.1, 0.15) is 5.69 Å². The third-order valence-electron chi connectivity index (χ3n) is 3.30. The molecule has 0 aliphatic carbocycles. The minimum Gasteiger partial charge on any atom is -0.326 e. The number of hydrogen-bond acceptors (Lipinski definition) is 3. The van der Waals surface area contributed by atoms with E-state index in [2.05, 4.69) is 15.7 Å². The second kappa shape index (κ2) is 8.64. The summed E-state index contributed by atoms with van der Waals surface area (Å²) in [5.74, 6) is -0.535. The number of halogens is 2. The van der Waals surface area contributed by atoms with Gasteiger partial charge in [0.15, 0.2) is 5.82 Å². The molecule has 0 bridgehead atoms. The van der Waals surface area contributed by atoms with E-state index >= 15 is 0 Å². The van der Waals surface area contributed by atoms with Crippen molar-refractivity contribution >= 4 is 24.0 Å². The van der Waals surface area contributed by atoms with Crippen LogP contribution in [0.15, 0.2) is 24.3 Å². The van der Waals surface area contributed by atoms with Crippen LogP contribution in [0.25, 0.3) is 5.69 Å². The molecule has 2 aromatic rings. The molecule has 1 aromatic carbocycles. The highest BCUT2D eigenvalue weighted by molar-refractivity contribution is 5.90. The topological polar surface area (TPSA) is 59.0 Å². The van der Waals surface area contributed by atoms with Crippen molar-refractivity contribution in [3.63, 3.8) is 0 Å². The van der Waals surface area contributed by atoms with Crippen LogP contribution >= 0.6 is 12.4 Å². The van der Waals surface area contributed by atoms with E-state index < -0.39 is 5.82 Å². The highest BCUT2D eigenvalue weighted by Gasteiger charge is 2.11. The molecule has 2 N–H and O–H groups in total. The Hall–Kier alpha value is -1.92. The van der Waals surface area contributed by atoms with E-state index in [1.807, 2.05) is 27.0 Å². The van der Waals surface area contributed by atoms with Crippen molar-refractivity contribution in [1.82, 2.24) is 15.1 Å². The maximum atomic E-state index is 14.3. The molecule has 0 aliphatic rings. The predicted molar refractivity (Wildman–Crippen MR) is 92.0 cm³/mol. The fourth-order valence-corrected chi connectivity index (χ4v) is 2.28. The smallest absolute Gasteiger partial charge is 0.224 e. The lowest BCUT2D eigenvalue weighted by atomic mass is 10.2. The first-order chi connectivity index (χ1) is 10.5. The van der Waals surface area contributed by atoms with E-state index in [-0.39, 0.29) is 18.3 Å². The predicted octanol–water partition coefficient (Wildman–Crippen LogP) is 2.99. The van der Waals surface area contributed by atoms with Crippen LogP contribution in [-0.2, 0) is 4.79 Å². The number of rotatable bonds is 6. The van der Waals surface area contributed by atoms with Gasteiger partial charge in [-0.1, -0.05) is 0 Å². The number of anilines is 1. The van der Waals surface area contributed by atoms with Crippen molar-refractivity contribution < 1.29 is 9.18 Å². The van der Waals surface area contributed by atoms with Crippen LogP contribution in [0.4, 0.5) is 10.1 Å². The number of benzene rings is 1. The minimum atomic E-state index is -0.417. The number of aryl methyl sites for hydroxylation is 2. The van der Waals surface area contributed by atoms with Gasteiger partial charge in [0, 0.05) is 17.8 Å². The maximum absolute atomic E-state index is 14.3. The van der Waals surface area contributed by atoms with Crippen molar-refractivity contribution in [1.29, 1.82) is 0 Å². The van der Waals surface area contributed by atoms with Gasteiger partial charge in [-0.05, 0) is 58.1 Å². The van der Waals surface area contributed by atoms with Gasteiger partial charge in [0.25, 0.3) is 0 Å². The minimum absolute atomic E-state index is 0. The molecule has 0 atom stereocenters. The Morgan fingerprint density at radius 3 is 2.61 bits per heavy atom. The number of carbonyl (C=O) groups is 1. The number of nitrogens with one attached hydrogen (secondary N) is 2. The van der Waals surface area contributed by atoms with Gasteiger partial charge in [-0.15, -0.1) is 12.4 Å². The fourth-order valence-electron chi connectivity index (χ4n) is 2.28. The van der Waals surface area contributed by atoms with Crippen molar-refractivity contribution in [3.05, 3.63) is 41.5 Å². The number of hydrogen-bond donors (Lipinski definition) is 2. The monoisotopic (exact) mass is 340 g/mol. The Kier molecular flexibility index (Phi) is 7.19. The average Bonchev–Trinajstić information content (AvgIpc) is 2.78. The zero-order chi connectivity index (χ0) is 16.1. The number of amides is 1. The molecule has 7 heteroatoms. The van der Waals surface area contributed by atoms with Crippen LogP contribution in [0.5, 0.6) is 0 Å². The summed E-state index contributed by atoms with van der Waals surface area (Å²) in [4.78, 5) is 11.7. The Balaban J connectivity index is 0.00000264. The molecule has 0 saturated heterocycles. The van der Waals surface area contributed by atoms with Gasteiger partial charge in [0.2, 0.25) is 5.91 Å². The van der Waals surface area contributed by atoms with E-state index in [0.717, 1.165) is 24.4 Å². The summed E-state index contributed by atoms with van der Waals surface area (Å²) in [6, 6.07) is 6.52. The van der Waals surface area contributed by atoms with Gasteiger partial charge in [0.05, 0.1) is 5.69 Å². The number of carbonyl (C=O) groups excluding carboxylic acids is 1. The van der Waals surface area contributed by atoms with Gasteiger partial charge in [-0.3, -0.25) is 4.79 Å². The lowest BCUT2D eigenvalue weighted by molar-refractivity contribution is -0.116. The largest absolute Gasteiger partial charge is 0.326 e. The standard InChI is InChI=1S/C16H21FN4O.ClH/c1-11-9-12(2)21(20-11)15-7-6-13(10-14(15)17)19-16(22)5-4-8-18-3;/h6-7,9-10,18H,4-5,8H2,1-3H3,(H,19,22);1H. The Morgan fingerprint density at radius 2 is 2.04 bits per heavy atom. The third kappa shape index (κ3) is 5.04. The fraction of sp³-hybridized carbons (Fsp3) is 0.375. The number of aromatic nitrogens is 2. The van der Waals surface area contributed by atoms with Crippen LogP contribution in [0.2, 0.25) is 0 Å². The molecule has 2 rings (SSSR count). The van der Waals surface area contributed by atoms with Crippen molar-refractivity contribution in [2.75, 3.05) is 18.9 Å². The Morgan fingerprint density at radius 1 is 1.30 bits per heavy atom. The first kappa shape index (κ1) is 19.1. The molecule has 5 nitrogen and oxygen atoms in total. The Bertz CT molecular complexity index is 672. The summed E-state index contributed by atoms with van der Waals surface area (Å²) in [6.07, 6.45) is 1.15. The van der Waals surface area contributed by atoms with E-state index in [4.69, 9.17) is 0 Å². The Labute approximate surface area is 141 Å². The quantitative estimate of drug-likeness (QED) is 0.795. The molecular weight excluding hydrogens is 319 g/mol. The molecule has 1 amide bonds. The first-order valence-electron chi connectivity index (χ1n) is 7.29. The van der Waals surface area contributed by atoms with Crippen LogP contribution in [0, 0.1) is 19.7 Å². The second-order valence-corrected chi connectivity index (χ2v) is 5.26. The van der Waals surface area contributed by atoms with Gasteiger partial charge >= 0.3 is 0 Å². The molecule has 0 unspecified atom stereocenters. The van der Waals surface area contributed by atoms with Crippen molar-refractivity contribution in [3.8, 4) is 5.69 Å². The summed E-state index contributed by atoms with van der Waals surface area (Å²) in [6.45, 7) is 4.51.